The minimum Gasteiger partial charge on any atom is -0.228 e. The van der Waals surface area contributed by atoms with Gasteiger partial charge in [-0.25, -0.2) is 13.6 Å². The fourth-order valence-electron chi connectivity index (χ4n) is 1.07. The first kappa shape index (κ1) is 9.70. The topological polar surface area (TPSA) is 60.2 Å². The van der Waals surface area contributed by atoms with E-state index in [1.54, 1.807) is 6.07 Å². The van der Waals surface area contributed by atoms with Crippen LogP contribution in [0.3, 0.4) is 0 Å². The Labute approximate surface area is 76.3 Å². The molecule has 0 radical (unpaired) electrons. The van der Waals surface area contributed by atoms with Crippen molar-refractivity contribution >= 4 is 21.4 Å². The molecule has 0 aliphatic carbocycles. The van der Waals surface area contributed by atoms with Crippen LogP contribution in [0.1, 0.15) is 23.5 Å². The monoisotopic (exact) mass is 205 g/mol. The maximum Gasteiger partial charge on any atom is 0.216 e. The second kappa shape index (κ2) is 3.55. The van der Waals surface area contributed by atoms with Gasteiger partial charge in [-0.1, -0.05) is 13.0 Å². The second-order valence-corrected chi connectivity index (χ2v) is 5.23. The fraction of sp³-hybridized carbons (Fsp3) is 0.429. The zero-order valence-electron chi connectivity index (χ0n) is 6.73. The lowest BCUT2D eigenvalue weighted by Crippen LogP contribution is -2.20. The lowest BCUT2D eigenvalue weighted by molar-refractivity contribution is 0.582. The molecule has 1 aromatic heterocycles. The first-order valence-electron chi connectivity index (χ1n) is 3.60. The Morgan fingerprint density at radius 2 is 2.33 bits per heavy atom. The molecule has 0 saturated carbocycles. The molecule has 0 bridgehead atoms. The van der Waals surface area contributed by atoms with Gasteiger partial charge in [0.25, 0.3) is 0 Å². The molecule has 1 unspecified atom stereocenters. The maximum absolute atomic E-state index is 11.0. The Morgan fingerprint density at radius 1 is 1.67 bits per heavy atom. The summed E-state index contributed by atoms with van der Waals surface area (Å²) in [5.41, 5.74) is 0. The van der Waals surface area contributed by atoms with Crippen molar-refractivity contribution in [1.29, 1.82) is 0 Å². The molecule has 2 N–H and O–H groups in total. The largest absolute Gasteiger partial charge is 0.228 e. The highest BCUT2D eigenvalue weighted by Crippen LogP contribution is 2.27. The van der Waals surface area contributed by atoms with Crippen LogP contribution in [-0.2, 0) is 10.0 Å². The predicted octanol–water partition coefficient (Wildman–Crippen LogP) is 1.49. The van der Waals surface area contributed by atoms with E-state index < -0.39 is 15.3 Å². The quantitative estimate of drug-likeness (QED) is 0.812. The highest BCUT2D eigenvalue weighted by atomic mass is 32.2. The summed E-state index contributed by atoms with van der Waals surface area (Å²) in [5.74, 6) is 0. The summed E-state index contributed by atoms with van der Waals surface area (Å²) < 4.78 is 22.1. The Morgan fingerprint density at radius 3 is 2.67 bits per heavy atom. The van der Waals surface area contributed by atoms with Crippen LogP contribution in [0.25, 0.3) is 0 Å². The highest BCUT2D eigenvalue weighted by molar-refractivity contribution is 7.89. The molecule has 3 nitrogen and oxygen atoms in total. The number of nitrogens with two attached hydrogens (primary N) is 1. The molecule has 12 heavy (non-hydrogen) atoms. The van der Waals surface area contributed by atoms with E-state index in [0.717, 1.165) is 4.88 Å². The number of hydrogen-bond acceptors (Lipinski definition) is 3. The summed E-state index contributed by atoms with van der Waals surface area (Å²) in [6, 6.07) is 3.62. The number of thiophene rings is 1. The van der Waals surface area contributed by atoms with Crippen molar-refractivity contribution in [3.8, 4) is 0 Å². The molecule has 5 heteroatoms. The van der Waals surface area contributed by atoms with Crippen molar-refractivity contribution in [1.82, 2.24) is 0 Å². The van der Waals surface area contributed by atoms with Gasteiger partial charge in [-0.3, -0.25) is 0 Å². The third-order valence-electron chi connectivity index (χ3n) is 1.63. The van der Waals surface area contributed by atoms with Crippen LogP contribution in [0.2, 0.25) is 0 Å². The lowest BCUT2D eigenvalue weighted by Gasteiger charge is -2.08. The zero-order valence-corrected chi connectivity index (χ0v) is 8.36. The van der Waals surface area contributed by atoms with E-state index in [1.807, 2.05) is 18.4 Å². The van der Waals surface area contributed by atoms with E-state index in [4.69, 9.17) is 5.14 Å². The van der Waals surface area contributed by atoms with Crippen LogP contribution in [0.15, 0.2) is 17.5 Å². The van der Waals surface area contributed by atoms with Gasteiger partial charge in [-0.2, -0.15) is 0 Å². The Bertz CT molecular complexity index is 328. The molecule has 0 amide bonds. The first-order chi connectivity index (χ1) is 5.55. The standard InChI is InChI=1S/C7H11NO2S2/c1-2-7(12(8,9)10)6-4-3-5-11-6/h3-5,7H,2H2,1H3,(H2,8,9,10). The van der Waals surface area contributed by atoms with Gasteiger partial charge in [-0.05, 0) is 17.9 Å². The summed E-state index contributed by atoms with van der Waals surface area (Å²) in [6.45, 7) is 1.81. The van der Waals surface area contributed by atoms with Crippen LogP contribution in [0.4, 0.5) is 0 Å². The van der Waals surface area contributed by atoms with E-state index >= 15 is 0 Å². The van der Waals surface area contributed by atoms with E-state index in [-0.39, 0.29) is 0 Å². The van der Waals surface area contributed by atoms with Crippen LogP contribution in [-0.4, -0.2) is 8.42 Å². The fourth-order valence-corrected chi connectivity index (χ4v) is 3.30. The molecular weight excluding hydrogens is 194 g/mol. The molecule has 1 atom stereocenters. The van der Waals surface area contributed by atoms with Crippen LogP contribution < -0.4 is 5.14 Å². The lowest BCUT2D eigenvalue weighted by atomic mass is 10.3. The van der Waals surface area contributed by atoms with E-state index in [0.29, 0.717) is 6.42 Å². The molecule has 1 aromatic rings. The maximum atomic E-state index is 11.0. The smallest absolute Gasteiger partial charge is 0.216 e. The van der Waals surface area contributed by atoms with Gasteiger partial charge >= 0.3 is 0 Å². The molecule has 0 saturated heterocycles. The molecule has 1 rings (SSSR count). The Balaban J connectivity index is 3.00. The molecule has 0 fully saturated rings. The average molecular weight is 205 g/mol. The Hall–Kier alpha value is -0.390. The van der Waals surface area contributed by atoms with Crippen molar-refractivity contribution in [3.63, 3.8) is 0 Å². The summed E-state index contributed by atoms with van der Waals surface area (Å²) in [7, 11) is -3.43. The number of sulfonamides is 1. The van der Waals surface area contributed by atoms with Crippen molar-refractivity contribution in [2.45, 2.75) is 18.6 Å². The molecule has 0 aliphatic rings. The van der Waals surface area contributed by atoms with Gasteiger partial charge < -0.3 is 0 Å². The normalized spacial score (nSPS) is 14.5. The molecule has 1 heterocycles. The number of primary sulfonamides is 1. The van der Waals surface area contributed by atoms with Crippen molar-refractivity contribution in [3.05, 3.63) is 22.4 Å². The summed E-state index contributed by atoms with van der Waals surface area (Å²) >= 11 is 1.42. The third-order valence-corrected chi connectivity index (χ3v) is 4.14. The molecule has 0 aromatic carbocycles. The van der Waals surface area contributed by atoms with Gasteiger partial charge in [0.05, 0.1) is 0 Å². The molecule has 68 valence electrons. The summed E-state index contributed by atoms with van der Waals surface area (Å²) in [5, 5.41) is 6.38. The number of rotatable bonds is 3. The van der Waals surface area contributed by atoms with Gasteiger partial charge in [0.2, 0.25) is 10.0 Å². The first-order valence-corrected chi connectivity index (χ1v) is 6.09. The minimum absolute atomic E-state index is 0.527. The molecular formula is C7H11NO2S2. The second-order valence-electron chi connectivity index (χ2n) is 2.50. The number of hydrogen-bond donors (Lipinski definition) is 1. The van der Waals surface area contributed by atoms with Crippen LogP contribution in [0.5, 0.6) is 0 Å². The van der Waals surface area contributed by atoms with Gasteiger partial charge in [0, 0.05) is 4.88 Å². The van der Waals surface area contributed by atoms with Crippen LogP contribution in [0, 0.1) is 0 Å². The molecule has 0 aliphatic heterocycles. The third kappa shape index (κ3) is 2.06. The van der Waals surface area contributed by atoms with Crippen molar-refractivity contribution in [2.24, 2.45) is 5.14 Å². The van der Waals surface area contributed by atoms with Gasteiger partial charge in [-0.15, -0.1) is 11.3 Å². The SMILES string of the molecule is CCC(c1cccs1)S(N)(=O)=O. The minimum atomic E-state index is -3.43. The zero-order chi connectivity index (χ0) is 9.19. The molecule has 0 spiro atoms. The Kier molecular flexibility index (Phi) is 2.87. The van der Waals surface area contributed by atoms with Crippen molar-refractivity contribution in [2.75, 3.05) is 0 Å². The van der Waals surface area contributed by atoms with E-state index in [1.165, 1.54) is 11.3 Å². The van der Waals surface area contributed by atoms with E-state index in [9.17, 15) is 8.42 Å². The van der Waals surface area contributed by atoms with Crippen molar-refractivity contribution < 1.29 is 8.42 Å². The van der Waals surface area contributed by atoms with Gasteiger partial charge in [0.1, 0.15) is 5.25 Å². The van der Waals surface area contributed by atoms with E-state index in [2.05, 4.69) is 0 Å². The summed E-state index contributed by atoms with van der Waals surface area (Å²) in [4.78, 5) is 0.819. The average Bonchev–Trinajstić information content (AvgIpc) is 2.38. The highest BCUT2D eigenvalue weighted by Gasteiger charge is 2.21. The summed E-state index contributed by atoms with van der Waals surface area (Å²) in [6.07, 6.45) is 0.527. The van der Waals surface area contributed by atoms with Crippen LogP contribution >= 0.6 is 11.3 Å². The predicted molar refractivity (Wildman–Crippen MR) is 50.5 cm³/mol. The van der Waals surface area contributed by atoms with Gasteiger partial charge in [0.15, 0.2) is 0 Å².